The molecule has 0 aliphatic carbocycles. The highest BCUT2D eigenvalue weighted by Crippen LogP contribution is 2.32. The van der Waals surface area contributed by atoms with Crippen molar-refractivity contribution in [2.24, 2.45) is 0 Å². The highest BCUT2D eigenvalue weighted by atomic mass is 19.1. The lowest BCUT2D eigenvalue weighted by molar-refractivity contribution is 0.0338. The minimum atomic E-state index is -0.680. The van der Waals surface area contributed by atoms with Crippen molar-refractivity contribution >= 4 is 5.69 Å². The van der Waals surface area contributed by atoms with Crippen molar-refractivity contribution < 1.29 is 14.2 Å². The number of ether oxygens (including phenoxy) is 1. The van der Waals surface area contributed by atoms with Gasteiger partial charge in [0.15, 0.2) is 0 Å². The van der Waals surface area contributed by atoms with Crippen LogP contribution in [0.2, 0.25) is 0 Å². The van der Waals surface area contributed by atoms with E-state index in [0.717, 1.165) is 0 Å². The molecule has 4 heteroatoms. The number of aliphatic hydroxyl groups excluding tert-OH is 1. The Morgan fingerprint density at radius 2 is 2.17 bits per heavy atom. The third kappa shape index (κ3) is 2.49. The normalized spacial score (nSPS) is 26.2. The van der Waals surface area contributed by atoms with Crippen LogP contribution in [-0.4, -0.2) is 30.4 Å². The lowest BCUT2D eigenvalue weighted by Crippen LogP contribution is -2.48. The quantitative estimate of drug-likeness (QED) is 0.879. The van der Waals surface area contributed by atoms with Crippen molar-refractivity contribution in [2.45, 2.75) is 39.0 Å². The molecule has 2 rings (SSSR count). The highest BCUT2D eigenvalue weighted by molar-refractivity contribution is 5.57. The van der Waals surface area contributed by atoms with E-state index in [1.165, 1.54) is 6.07 Å². The molecule has 3 nitrogen and oxygen atoms in total. The SMILES string of the molecule is CC1CN(c2c(F)cccc2[C@@H](C)O)C(C)CO1. The molecule has 1 aliphatic rings. The van der Waals surface area contributed by atoms with Crippen LogP contribution >= 0.6 is 0 Å². The zero-order valence-corrected chi connectivity index (χ0v) is 11.1. The number of halogens is 1. The molecule has 0 radical (unpaired) electrons. The monoisotopic (exact) mass is 253 g/mol. The van der Waals surface area contributed by atoms with E-state index >= 15 is 0 Å². The maximum Gasteiger partial charge on any atom is 0.146 e. The number of hydrogen-bond donors (Lipinski definition) is 1. The van der Waals surface area contributed by atoms with Gasteiger partial charge in [-0.25, -0.2) is 4.39 Å². The standard InChI is InChI=1S/C14H20FNO2/c1-9-8-18-10(2)7-16(9)14-12(11(3)17)5-4-6-13(14)15/h4-6,9-11,17H,7-8H2,1-3H3/t9?,10?,11-/m1/s1. The molecule has 0 bridgehead atoms. The summed E-state index contributed by atoms with van der Waals surface area (Å²) in [6.45, 7) is 6.86. The van der Waals surface area contributed by atoms with E-state index in [2.05, 4.69) is 0 Å². The molecule has 1 N–H and O–H groups in total. The molecule has 1 aliphatic heterocycles. The van der Waals surface area contributed by atoms with E-state index in [1.54, 1.807) is 19.1 Å². The van der Waals surface area contributed by atoms with Crippen molar-refractivity contribution in [3.8, 4) is 0 Å². The zero-order valence-electron chi connectivity index (χ0n) is 11.1. The van der Waals surface area contributed by atoms with Crippen LogP contribution in [0.1, 0.15) is 32.4 Å². The van der Waals surface area contributed by atoms with Crippen LogP contribution in [0, 0.1) is 5.82 Å². The third-order valence-corrected chi connectivity index (χ3v) is 3.36. The number of rotatable bonds is 2. The Hall–Kier alpha value is -1.13. The van der Waals surface area contributed by atoms with Gasteiger partial charge < -0.3 is 14.7 Å². The minimum Gasteiger partial charge on any atom is -0.389 e. The molecule has 1 fully saturated rings. The van der Waals surface area contributed by atoms with Gasteiger partial charge in [-0.2, -0.15) is 0 Å². The molecule has 1 heterocycles. The van der Waals surface area contributed by atoms with Crippen LogP contribution in [0.5, 0.6) is 0 Å². The molecule has 0 saturated carbocycles. The first-order valence-electron chi connectivity index (χ1n) is 6.35. The summed E-state index contributed by atoms with van der Waals surface area (Å²) in [6, 6.07) is 4.95. The second-order valence-corrected chi connectivity index (χ2v) is 5.00. The highest BCUT2D eigenvalue weighted by Gasteiger charge is 2.28. The summed E-state index contributed by atoms with van der Waals surface area (Å²) >= 11 is 0. The summed E-state index contributed by atoms with van der Waals surface area (Å²) in [4.78, 5) is 1.99. The van der Waals surface area contributed by atoms with Crippen LogP contribution in [-0.2, 0) is 4.74 Å². The van der Waals surface area contributed by atoms with Crippen LogP contribution in [0.25, 0.3) is 0 Å². The van der Waals surface area contributed by atoms with E-state index in [-0.39, 0.29) is 18.0 Å². The number of hydrogen-bond acceptors (Lipinski definition) is 3. The van der Waals surface area contributed by atoms with Gasteiger partial charge in [0.25, 0.3) is 0 Å². The lowest BCUT2D eigenvalue weighted by Gasteiger charge is -2.39. The number of nitrogens with zero attached hydrogens (tertiary/aromatic N) is 1. The smallest absolute Gasteiger partial charge is 0.146 e. The molecular weight excluding hydrogens is 233 g/mol. The Labute approximate surface area is 107 Å². The van der Waals surface area contributed by atoms with Gasteiger partial charge >= 0.3 is 0 Å². The van der Waals surface area contributed by atoms with Crippen molar-refractivity contribution in [3.05, 3.63) is 29.6 Å². The predicted molar refractivity (Wildman–Crippen MR) is 69.3 cm³/mol. The van der Waals surface area contributed by atoms with Crippen molar-refractivity contribution in [1.29, 1.82) is 0 Å². The molecule has 18 heavy (non-hydrogen) atoms. The predicted octanol–water partition coefficient (Wildman–Crippen LogP) is 2.49. The second kappa shape index (κ2) is 5.24. The Bertz CT molecular complexity index is 422. The molecule has 0 amide bonds. The molecule has 3 atom stereocenters. The largest absolute Gasteiger partial charge is 0.389 e. The fourth-order valence-electron chi connectivity index (χ4n) is 2.39. The summed E-state index contributed by atoms with van der Waals surface area (Å²) in [7, 11) is 0. The fraction of sp³-hybridized carbons (Fsp3) is 0.571. The molecule has 1 saturated heterocycles. The van der Waals surface area contributed by atoms with Crippen molar-refractivity contribution in [1.82, 2.24) is 0 Å². The first-order valence-corrected chi connectivity index (χ1v) is 6.35. The van der Waals surface area contributed by atoms with E-state index in [4.69, 9.17) is 4.74 Å². The summed E-state index contributed by atoms with van der Waals surface area (Å²) in [5.74, 6) is -0.283. The van der Waals surface area contributed by atoms with Crippen molar-refractivity contribution in [2.75, 3.05) is 18.1 Å². The van der Waals surface area contributed by atoms with Gasteiger partial charge in [-0.1, -0.05) is 12.1 Å². The Balaban J connectivity index is 2.42. The summed E-state index contributed by atoms with van der Waals surface area (Å²) in [6.07, 6.45) is -0.608. The lowest BCUT2D eigenvalue weighted by atomic mass is 10.0. The maximum atomic E-state index is 14.1. The molecule has 1 aromatic carbocycles. The van der Waals surface area contributed by atoms with E-state index in [1.807, 2.05) is 18.7 Å². The van der Waals surface area contributed by atoms with Gasteiger partial charge in [-0.05, 0) is 26.8 Å². The first-order chi connectivity index (χ1) is 8.50. The average Bonchev–Trinajstić information content (AvgIpc) is 2.32. The van der Waals surface area contributed by atoms with E-state index < -0.39 is 6.10 Å². The fourth-order valence-corrected chi connectivity index (χ4v) is 2.39. The third-order valence-electron chi connectivity index (χ3n) is 3.36. The molecule has 0 spiro atoms. The molecule has 1 aromatic rings. The van der Waals surface area contributed by atoms with E-state index in [0.29, 0.717) is 24.4 Å². The first kappa shape index (κ1) is 13.3. The second-order valence-electron chi connectivity index (χ2n) is 5.00. The minimum absolute atomic E-state index is 0.0719. The van der Waals surface area contributed by atoms with Gasteiger partial charge in [0.1, 0.15) is 5.82 Å². The molecule has 2 unspecified atom stereocenters. The number of para-hydroxylation sites is 1. The zero-order chi connectivity index (χ0) is 13.3. The van der Waals surface area contributed by atoms with Crippen molar-refractivity contribution in [3.63, 3.8) is 0 Å². The number of morpholine rings is 1. The Morgan fingerprint density at radius 1 is 1.44 bits per heavy atom. The number of benzene rings is 1. The van der Waals surface area contributed by atoms with Gasteiger partial charge in [0, 0.05) is 18.2 Å². The Morgan fingerprint density at radius 3 is 2.83 bits per heavy atom. The number of anilines is 1. The van der Waals surface area contributed by atoms with Crippen LogP contribution in [0.3, 0.4) is 0 Å². The van der Waals surface area contributed by atoms with E-state index in [9.17, 15) is 9.50 Å². The average molecular weight is 253 g/mol. The molecule has 0 aromatic heterocycles. The summed E-state index contributed by atoms with van der Waals surface area (Å²) in [5, 5.41) is 9.79. The van der Waals surface area contributed by atoms with Crippen LogP contribution < -0.4 is 4.90 Å². The van der Waals surface area contributed by atoms with Gasteiger partial charge in [0.05, 0.1) is 24.5 Å². The van der Waals surface area contributed by atoms with Gasteiger partial charge in [-0.3, -0.25) is 0 Å². The molecule has 100 valence electrons. The summed E-state index contributed by atoms with van der Waals surface area (Å²) in [5.41, 5.74) is 1.14. The number of aliphatic hydroxyl groups is 1. The Kier molecular flexibility index (Phi) is 3.88. The van der Waals surface area contributed by atoms with Crippen LogP contribution in [0.15, 0.2) is 18.2 Å². The summed E-state index contributed by atoms with van der Waals surface area (Å²) < 4.78 is 19.7. The molecular formula is C14H20FNO2. The van der Waals surface area contributed by atoms with Gasteiger partial charge in [-0.15, -0.1) is 0 Å². The van der Waals surface area contributed by atoms with Gasteiger partial charge in [0.2, 0.25) is 0 Å². The maximum absolute atomic E-state index is 14.1. The van der Waals surface area contributed by atoms with Crippen LogP contribution in [0.4, 0.5) is 10.1 Å². The topological polar surface area (TPSA) is 32.7 Å².